The number of anilines is 1. The molecule has 0 radical (unpaired) electrons. The Morgan fingerprint density at radius 2 is 1.62 bits per heavy atom. The van der Waals surface area contributed by atoms with Gasteiger partial charge in [0.1, 0.15) is 22.7 Å². The van der Waals surface area contributed by atoms with Crippen LogP contribution in [-0.4, -0.2) is 68.3 Å². The number of benzene rings is 2. The topological polar surface area (TPSA) is 115 Å². The molecular weight excluding hydrogens is 538 g/mol. The van der Waals surface area contributed by atoms with Crippen molar-refractivity contribution in [3.63, 3.8) is 0 Å². The third kappa shape index (κ3) is 4.46. The van der Waals surface area contributed by atoms with Gasteiger partial charge in [-0.1, -0.05) is 0 Å². The highest BCUT2D eigenvalue weighted by molar-refractivity contribution is 6.19. The van der Waals surface area contributed by atoms with Gasteiger partial charge in [0.15, 0.2) is 11.5 Å². The van der Waals surface area contributed by atoms with Crippen LogP contribution in [0, 0.1) is 0 Å². The number of amides is 1. The van der Waals surface area contributed by atoms with Crippen LogP contribution in [0.3, 0.4) is 0 Å². The summed E-state index contributed by atoms with van der Waals surface area (Å²) in [5, 5.41) is 1.48. The summed E-state index contributed by atoms with van der Waals surface area (Å²) in [5.41, 5.74) is 2.89. The monoisotopic (exact) mass is 569 g/mol. The molecule has 0 unspecified atom stereocenters. The van der Waals surface area contributed by atoms with Crippen molar-refractivity contribution in [2.45, 2.75) is 32.3 Å². The molecule has 0 saturated carbocycles. The van der Waals surface area contributed by atoms with Gasteiger partial charge in [0.25, 0.3) is 5.91 Å². The van der Waals surface area contributed by atoms with Crippen LogP contribution in [0.1, 0.15) is 53.2 Å². The summed E-state index contributed by atoms with van der Waals surface area (Å²) in [7, 11) is 5.93. The van der Waals surface area contributed by atoms with Crippen molar-refractivity contribution in [1.29, 1.82) is 0 Å². The number of nitrogens with one attached hydrogen (secondary N) is 2. The Morgan fingerprint density at radius 1 is 0.925 bits per heavy atom. The Kier molecular flexibility index (Phi) is 6.99. The largest absolute Gasteiger partial charge is 0.493 e. The molecule has 10 nitrogen and oxygen atoms in total. The van der Waals surface area contributed by atoms with Crippen molar-refractivity contribution < 1.29 is 33.3 Å². The van der Waals surface area contributed by atoms with Gasteiger partial charge >= 0.3 is 5.97 Å². The summed E-state index contributed by atoms with van der Waals surface area (Å²) in [5.74, 6) is 1.20. The second kappa shape index (κ2) is 10.2. The first kappa shape index (κ1) is 27.5. The molecule has 11 heteroatoms. The molecule has 1 atom stereocenters. The Balaban J connectivity index is 1.67. The van der Waals surface area contributed by atoms with E-state index in [2.05, 4.69) is 9.97 Å². The molecule has 0 saturated heterocycles. The Labute approximate surface area is 236 Å². The SMILES string of the molecule is COC(=O)c1cc2c3c(cc(OC(C)(C)C)c2[nH]1)N(C(=O)c1cc2cc(OC)c(OC)c(OC)c2[nH]1)C[C@H]3CCl. The number of nitrogens with zero attached hydrogens (tertiary/aromatic N) is 1. The lowest BCUT2D eigenvalue weighted by molar-refractivity contribution is 0.0595. The lowest BCUT2D eigenvalue weighted by atomic mass is 9.98. The molecular formula is C29H32ClN3O7. The van der Waals surface area contributed by atoms with Crippen molar-refractivity contribution in [3.8, 4) is 23.0 Å². The average molecular weight is 570 g/mol. The number of aromatic nitrogens is 2. The van der Waals surface area contributed by atoms with Gasteiger partial charge in [-0.3, -0.25) is 4.79 Å². The second-order valence-corrected chi connectivity index (χ2v) is 10.9. The van der Waals surface area contributed by atoms with Gasteiger partial charge in [-0.25, -0.2) is 4.79 Å². The predicted octanol–water partition coefficient (Wildman–Crippen LogP) is 5.62. The minimum atomic E-state index is -0.539. The average Bonchev–Trinajstić information content (AvgIpc) is 3.65. The van der Waals surface area contributed by atoms with Gasteiger partial charge < -0.3 is 38.6 Å². The summed E-state index contributed by atoms with van der Waals surface area (Å²) < 4.78 is 27.8. The zero-order valence-electron chi connectivity index (χ0n) is 23.5. The number of hydrogen-bond donors (Lipinski definition) is 2. The molecule has 3 heterocycles. The lowest BCUT2D eigenvalue weighted by Crippen LogP contribution is -2.30. The number of fused-ring (bicyclic) bond motifs is 4. The van der Waals surface area contributed by atoms with Crippen LogP contribution in [-0.2, 0) is 4.74 Å². The molecule has 1 amide bonds. The third-order valence-corrected chi connectivity index (χ3v) is 7.28. The number of alkyl halides is 1. The number of ether oxygens (including phenoxy) is 5. The summed E-state index contributed by atoms with van der Waals surface area (Å²) >= 11 is 6.44. The van der Waals surface area contributed by atoms with Crippen LogP contribution in [0.15, 0.2) is 24.3 Å². The van der Waals surface area contributed by atoms with Gasteiger partial charge in [-0.2, -0.15) is 0 Å². The van der Waals surface area contributed by atoms with Crippen LogP contribution in [0.25, 0.3) is 21.8 Å². The highest BCUT2D eigenvalue weighted by Crippen LogP contribution is 2.48. The Hall–Kier alpha value is -4.05. The van der Waals surface area contributed by atoms with E-state index in [0.29, 0.717) is 52.0 Å². The van der Waals surface area contributed by atoms with E-state index >= 15 is 0 Å². The maximum Gasteiger partial charge on any atom is 0.354 e. The zero-order chi connectivity index (χ0) is 28.9. The van der Waals surface area contributed by atoms with E-state index in [1.165, 1.54) is 21.3 Å². The molecule has 212 valence electrons. The molecule has 40 heavy (non-hydrogen) atoms. The van der Waals surface area contributed by atoms with Crippen LogP contribution in [0.5, 0.6) is 23.0 Å². The quantitative estimate of drug-likeness (QED) is 0.219. The van der Waals surface area contributed by atoms with E-state index in [4.69, 9.17) is 35.3 Å². The van der Waals surface area contributed by atoms with Gasteiger partial charge in [0.2, 0.25) is 5.75 Å². The van der Waals surface area contributed by atoms with Crippen molar-refractivity contribution in [2.24, 2.45) is 0 Å². The zero-order valence-corrected chi connectivity index (χ0v) is 24.2. The van der Waals surface area contributed by atoms with Gasteiger partial charge in [0, 0.05) is 35.2 Å². The normalized spacial score (nSPS) is 14.9. The lowest BCUT2D eigenvalue weighted by Gasteiger charge is -2.24. The number of halogens is 1. The first-order valence-corrected chi connectivity index (χ1v) is 13.2. The Bertz CT molecular complexity index is 1630. The van der Waals surface area contributed by atoms with Crippen molar-refractivity contribution in [2.75, 3.05) is 45.8 Å². The molecule has 1 aliphatic rings. The van der Waals surface area contributed by atoms with Crippen LogP contribution in [0.2, 0.25) is 0 Å². The smallest absolute Gasteiger partial charge is 0.354 e. The van der Waals surface area contributed by atoms with E-state index in [-0.39, 0.29) is 23.4 Å². The number of carbonyl (C=O) groups is 2. The fourth-order valence-corrected chi connectivity index (χ4v) is 5.54. The molecule has 0 bridgehead atoms. The summed E-state index contributed by atoms with van der Waals surface area (Å²) in [6.45, 7) is 6.15. The van der Waals surface area contributed by atoms with E-state index in [0.717, 1.165) is 16.3 Å². The minimum Gasteiger partial charge on any atom is -0.493 e. The standard InChI is InChI=1S/C29H32ClN3O7/c1-29(2,3)40-20-11-19-22(16-10-18(28(35)39-7)32-24(16)20)15(12-30)13-33(19)27(34)17-8-14-9-21(36-4)25(37-5)26(38-6)23(14)31-17/h8-11,15,31-32H,12-13H2,1-7H3/t15-/m1/s1. The predicted molar refractivity (Wildman–Crippen MR) is 153 cm³/mol. The number of rotatable bonds is 7. The summed E-state index contributed by atoms with van der Waals surface area (Å²) in [6, 6.07) is 7.11. The van der Waals surface area contributed by atoms with Crippen molar-refractivity contribution >= 4 is 51.0 Å². The molecule has 2 aromatic carbocycles. The number of methoxy groups -OCH3 is 4. The first-order valence-electron chi connectivity index (χ1n) is 12.7. The fraction of sp³-hybridized carbons (Fsp3) is 0.379. The first-order chi connectivity index (χ1) is 19.0. The molecule has 4 aromatic rings. The highest BCUT2D eigenvalue weighted by Gasteiger charge is 2.37. The number of hydrogen-bond acceptors (Lipinski definition) is 7. The molecule has 1 aliphatic heterocycles. The maximum absolute atomic E-state index is 14.1. The van der Waals surface area contributed by atoms with Crippen molar-refractivity contribution in [1.82, 2.24) is 9.97 Å². The van der Waals surface area contributed by atoms with Gasteiger partial charge in [-0.05, 0) is 44.5 Å². The van der Waals surface area contributed by atoms with E-state index < -0.39 is 11.6 Å². The number of carbonyl (C=O) groups excluding carboxylic acids is 2. The number of esters is 1. The van der Waals surface area contributed by atoms with Crippen LogP contribution in [0.4, 0.5) is 5.69 Å². The molecule has 0 fully saturated rings. The third-order valence-electron chi connectivity index (χ3n) is 6.90. The minimum absolute atomic E-state index is 0.174. The number of aromatic amines is 2. The molecule has 2 N–H and O–H groups in total. The fourth-order valence-electron chi connectivity index (χ4n) is 5.29. The van der Waals surface area contributed by atoms with E-state index in [9.17, 15) is 9.59 Å². The molecule has 5 rings (SSSR count). The number of H-pyrrole nitrogens is 2. The highest BCUT2D eigenvalue weighted by atomic mass is 35.5. The summed E-state index contributed by atoms with van der Waals surface area (Å²) in [6.07, 6.45) is 0. The Morgan fingerprint density at radius 3 is 2.23 bits per heavy atom. The molecule has 0 spiro atoms. The summed E-state index contributed by atoms with van der Waals surface area (Å²) in [4.78, 5) is 34.5. The second-order valence-electron chi connectivity index (χ2n) is 10.5. The van der Waals surface area contributed by atoms with Crippen LogP contribution < -0.4 is 23.8 Å². The van der Waals surface area contributed by atoms with Crippen molar-refractivity contribution in [3.05, 3.63) is 41.2 Å². The molecule has 2 aromatic heterocycles. The van der Waals surface area contributed by atoms with E-state index in [1.807, 2.05) is 26.8 Å². The van der Waals surface area contributed by atoms with Gasteiger partial charge in [0.05, 0.1) is 45.2 Å². The maximum atomic E-state index is 14.1. The van der Waals surface area contributed by atoms with Gasteiger partial charge in [-0.15, -0.1) is 11.6 Å². The van der Waals surface area contributed by atoms with E-state index in [1.54, 1.807) is 30.2 Å². The van der Waals surface area contributed by atoms with Crippen LogP contribution >= 0.6 is 11.6 Å². The molecule has 0 aliphatic carbocycles.